The van der Waals surface area contributed by atoms with Crippen molar-refractivity contribution in [2.24, 2.45) is 0 Å². The van der Waals surface area contributed by atoms with Gasteiger partial charge in [-0.25, -0.2) is 4.79 Å². The Morgan fingerprint density at radius 3 is 2.19 bits per heavy atom. The van der Waals surface area contributed by atoms with Gasteiger partial charge >= 0.3 is 12.1 Å². The number of carbonyl (C=O) groups excluding carboxylic acids is 1. The van der Waals surface area contributed by atoms with Gasteiger partial charge in [-0.15, -0.1) is 0 Å². The van der Waals surface area contributed by atoms with Crippen LogP contribution in [0.25, 0.3) is 0 Å². The lowest BCUT2D eigenvalue weighted by Crippen LogP contribution is -2.14. The van der Waals surface area contributed by atoms with Gasteiger partial charge in [0.05, 0.1) is 28.3 Å². The summed E-state index contributed by atoms with van der Waals surface area (Å²) in [6, 6.07) is 1.43. The highest BCUT2D eigenvalue weighted by Crippen LogP contribution is 2.36. The minimum Gasteiger partial charge on any atom is -0.465 e. The molecule has 7 heteroatoms. The van der Waals surface area contributed by atoms with E-state index in [-0.39, 0.29) is 10.0 Å². The van der Waals surface area contributed by atoms with Crippen molar-refractivity contribution in [3.05, 3.63) is 33.3 Å². The van der Waals surface area contributed by atoms with Crippen molar-refractivity contribution in [2.75, 3.05) is 7.11 Å². The summed E-state index contributed by atoms with van der Waals surface area (Å²) < 4.78 is 41.9. The number of rotatable bonds is 1. The molecule has 0 spiro atoms. The molecule has 0 aliphatic heterocycles. The Morgan fingerprint density at radius 1 is 1.25 bits per heavy atom. The average Bonchev–Trinajstić information content (AvgIpc) is 2.18. The molecular formula is C9H5Cl2F3O2. The van der Waals surface area contributed by atoms with Gasteiger partial charge in [0.2, 0.25) is 0 Å². The standard InChI is InChI=1S/C9H5Cl2F3O2/c1-16-8(15)4-2-6(10)7(11)3-5(4)9(12,13)14/h2-3H,1H3. The van der Waals surface area contributed by atoms with Crippen molar-refractivity contribution in [1.82, 2.24) is 0 Å². The monoisotopic (exact) mass is 272 g/mol. The quantitative estimate of drug-likeness (QED) is 0.727. The smallest absolute Gasteiger partial charge is 0.417 e. The summed E-state index contributed by atoms with van der Waals surface area (Å²) in [5, 5.41) is -0.420. The summed E-state index contributed by atoms with van der Waals surface area (Å²) in [6.07, 6.45) is -4.70. The molecule has 0 aliphatic rings. The van der Waals surface area contributed by atoms with E-state index in [4.69, 9.17) is 23.2 Å². The van der Waals surface area contributed by atoms with Crippen LogP contribution in [-0.2, 0) is 10.9 Å². The van der Waals surface area contributed by atoms with Crippen molar-refractivity contribution in [2.45, 2.75) is 6.18 Å². The Balaban J connectivity index is 3.45. The topological polar surface area (TPSA) is 26.3 Å². The molecule has 0 saturated carbocycles. The van der Waals surface area contributed by atoms with Crippen LogP contribution in [0.2, 0.25) is 10.0 Å². The number of esters is 1. The minimum atomic E-state index is -4.70. The van der Waals surface area contributed by atoms with Crippen LogP contribution in [0, 0.1) is 0 Å². The fourth-order valence-corrected chi connectivity index (χ4v) is 1.39. The first-order valence-corrected chi connectivity index (χ1v) is 4.67. The van der Waals surface area contributed by atoms with Crippen molar-refractivity contribution >= 4 is 29.2 Å². The lowest BCUT2D eigenvalue weighted by atomic mass is 10.1. The first-order valence-electron chi connectivity index (χ1n) is 3.92. The fraction of sp³-hybridized carbons (Fsp3) is 0.222. The summed E-state index contributed by atoms with van der Waals surface area (Å²) in [5.41, 5.74) is -1.84. The van der Waals surface area contributed by atoms with E-state index in [0.29, 0.717) is 6.07 Å². The van der Waals surface area contributed by atoms with Gasteiger partial charge in [0.25, 0.3) is 0 Å². The summed E-state index contributed by atoms with van der Waals surface area (Å²) >= 11 is 11.0. The molecule has 0 fully saturated rings. The predicted octanol–water partition coefficient (Wildman–Crippen LogP) is 3.80. The molecule has 0 radical (unpaired) electrons. The van der Waals surface area contributed by atoms with E-state index >= 15 is 0 Å². The Morgan fingerprint density at radius 2 is 1.75 bits per heavy atom. The first kappa shape index (κ1) is 13.1. The van der Waals surface area contributed by atoms with Crippen LogP contribution < -0.4 is 0 Å². The number of hydrogen-bond donors (Lipinski definition) is 0. The Labute approximate surface area is 98.9 Å². The van der Waals surface area contributed by atoms with Gasteiger partial charge in [-0.05, 0) is 12.1 Å². The Hall–Kier alpha value is -0.940. The second-order valence-electron chi connectivity index (χ2n) is 2.80. The van der Waals surface area contributed by atoms with E-state index in [2.05, 4.69) is 4.74 Å². The van der Waals surface area contributed by atoms with Gasteiger partial charge in [0.15, 0.2) is 0 Å². The largest absolute Gasteiger partial charge is 0.465 e. The SMILES string of the molecule is COC(=O)c1cc(Cl)c(Cl)cc1C(F)(F)F. The van der Waals surface area contributed by atoms with Crippen LogP contribution in [0.1, 0.15) is 15.9 Å². The summed E-state index contributed by atoms with van der Waals surface area (Å²) in [4.78, 5) is 11.1. The van der Waals surface area contributed by atoms with Crippen molar-refractivity contribution < 1.29 is 22.7 Å². The maximum Gasteiger partial charge on any atom is 0.417 e. The molecule has 0 amide bonds. The highest BCUT2D eigenvalue weighted by molar-refractivity contribution is 6.42. The number of halogens is 5. The van der Waals surface area contributed by atoms with Crippen molar-refractivity contribution in [3.63, 3.8) is 0 Å². The third kappa shape index (κ3) is 2.59. The van der Waals surface area contributed by atoms with Crippen LogP contribution in [0.5, 0.6) is 0 Å². The normalized spacial score (nSPS) is 11.4. The summed E-state index contributed by atoms with van der Waals surface area (Å²) in [7, 11) is 0.977. The van der Waals surface area contributed by atoms with E-state index in [1.807, 2.05) is 0 Å². The zero-order valence-corrected chi connectivity index (χ0v) is 9.37. The van der Waals surface area contributed by atoms with Gasteiger partial charge in [0.1, 0.15) is 0 Å². The van der Waals surface area contributed by atoms with Gasteiger partial charge in [0, 0.05) is 0 Å². The van der Waals surface area contributed by atoms with E-state index in [1.165, 1.54) is 0 Å². The molecule has 0 aliphatic carbocycles. The molecule has 1 aromatic rings. The van der Waals surface area contributed by atoms with Crippen molar-refractivity contribution in [3.8, 4) is 0 Å². The molecule has 2 nitrogen and oxygen atoms in total. The number of alkyl halides is 3. The Bertz CT molecular complexity index is 429. The zero-order valence-electron chi connectivity index (χ0n) is 7.86. The molecule has 1 rings (SSSR count). The van der Waals surface area contributed by atoms with Crippen LogP contribution in [-0.4, -0.2) is 13.1 Å². The van der Waals surface area contributed by atoms with E-state index in [0.717, 1.165) is 13.2 Å². The number of hydrogen-bond acceptors (Lipinski definition) is 2. The minimum absolute atomic E-state index is 0.143. The van der Waals surface area contributed by atoms with Crippen LogP contribution in [0.15, 0.2) is 12.1 Å². The molecule has 0 bridgehead atoms. The maximum atomic E-state index is 12.5. The lowest BCUT2D eigenvalue weighted by Gasteiger charge is -2.12. The summed E-state index contributed by atoms with van der Waals surface area (Å²) in [5.74, 6) is -1.12. The maximum absolute atomic E-state index is 12.5. The second kappa shape index (κ2) is 4.51. The third-order valence-corrected chi connectivity index (χ3v) is 2.49. The molecule has 0 aromatic heterocycles. The molecule has 88 valence electrons. The fourth-order valence-electron chi connectivity index (χ4n) is 1.06. The van der Waals surface area contributed by atoms with Gasteiger partial charge in [-0.2, -0.15) is 13.2 Å². The van der Waals surface area contributed by atoms with E-state index < -0.39 is 23.3 Å². The average molecular weight is 273 g/mol. The second-order valence-corrected chi connectivity index (χ2v) is 3.62. The lowest BCUT2D eigenvalue weighted by molar-refractivity contribution is -0.138. The predicted molar refractivity (Wildman–Crippen MR) is 52.8 cm³/mol. The summed E-state index contributed by atoms with van der Waals surface area (Å²) in [6.45, 7) is 0. The number of benzene rings is 1. The highest BCUT2D eigenvalue weighted by atomic mass is 35.5. The van der Waals surface area contributed by atoms with Crippen LogP contribution in [0.4, 0.5) is 13.2 Å². The molecule has 1 aromatic carbocycles. The zero-order chi connectivity index (χ0) is 12.5. The van der Waals surface area contributed by atoms with Crippen LogP contribution in [0.3, 0.4) is 0 Å². The number of methoxy groups -OCH3 is 1. The molecule has 0 N–H and O–H groups in total. The highest BCUT2D eigenvalue weighted by Gasteiger charge is 2.36. The molecule has 0 saturated heterocycles. The van der Waals surface area contributed by atoms with Gasteiger partial charge in [-0.1, -0.05) is 23.2 Å². The Kier molecular flexibility index (Phi) is 3.70. The number of carbonyl (C=O) groups is 1. The van der Waals surface area contributed by atoms with E-state index in [1.54, 1.807) is 0 Å². The van der Waals surface area contributed by atoms with Gasteiger partial charge in [-0.3, -0.25) is 0 Å². The molecule has 0 unspecified atom stereocenters. The molecule has 0 atom stereocenters. The first-order chi connectivity index (χ1) is 7.27. The van der Waals surface area contributed by atoms with E-state index in [9.17, 15) is 18.0 Å². The molecule has 16 heavy (non-hydrogen) atoms. The third-order valence-electron chi connectivity index (χ3n) is 1.77. The van der Waals surface area contributed by atoms with Crippen LogP contribution >= 0.6 is 23.2 Å². The van der Waals surface area contributed by atoms with Gasteiger partial charge < -0.3 is 4.74 Å². The number of ether oxygens (including phenoxy) is 1. The van der Waals surface area contributed by atoms with Crippen molar-refractivity contribution in [1.29, 1.82) is 0 Å². The molecule has 0 heterocycles. The molecular weight excluding hydrogens is 268 g/mol.